The van der Waals surface area contributed by atoms with E-state index in [4.69, 9.17) is 9.63 Å². The van der Waals surface area contributed by atoms with E-state index in [0.717, 1.165) is 0 Å². The lowest BCUT2D eigenvalue weighted by Crippen LogP contribution is -2.41. The predicted octanol–water partition coefficient (Wildman–Crippen LogP) is 1.22. The molecule has 0 aliphatic heterocycles. The highest BCUT2D eigenvalue weighted by Gasteiger charge is 2.28. The van der Waals surface area contributed by atoms with Gasteiger partial charge in [0, 0.05) is 5.69 Å². The summed E-state index contributed by atoms with van der Waals surface area (Å²) in [5.74, 6) is -1.45. The Bertz CT molecular complexity index is 916. The average Bonchev–Trinajstić information content (AvgIpc) is 2.86. The van der Waals surface area contributed by atoms with Gasteiger partial charge in [0.25, 0.3) is 0 Å². The summed E-state index contributed by atoms with van der Waals surface area (Å²) in [5.41, 5.74) is 1.08. The first-order valence-corrected chi connectivity index (χ1v) is 9.15. The van der Waals surface area contributed by atoms with E-state index < -0.39 is 27.9 Å². The van der Waals surface area contributed by atoms with Crippen molar-refractivity contribution in [2.24, 2.45) is 0 Å². The van der Waals surface area contributed by atoms with Gasteiger partial charge in [-0.2, -0.15) is 4.72 Å². The molecule has 3 N–H and O–H groups in total. The Morgan fingerprint density at radius 3 is 2.58 bits per heavy atom. The number of hydrogen-bond donors (Lipinski definition) is 3. The number of carboxylic acids is 1. The number of carbonyl (C=O) groups is 2. The van der Waals surface area contributed by atoms with Crippen molar-refractivity contribution in [3.8, 4) is 0 Å². The molecule has 2 rings (SSSR count). The van der Waals surface area contributed by atoms with Gasteiger partial charge in [0.1, 0.15) is 10.6 Å². The maximum Gasteiger partial charge on any atom is 0.307 e. The van der Waals surface area contributed by atoms with Crippen LogP contribution in [0.1, 0.15) is 23.9 Å². The smallest absolute Gasteiger partial charge is 0.307 e. The summed E-state index contributed by atoms with van der Waals surface area (Å²) < 4.78 is 32.0. The molecule has 1 amide bonds. The fourth-order valence-corrected chi connectivity index (χ4v) is 3.92. The zero-order valence-corrected chi connectivity index (χ0v) is 15.3. The quantitative estimate of drug-likeness (QED) is 0.655. The number of hydrogen-bond acceptors (Lipinski definition) is 6. The molecule has 1 unspecified atom stereocenters. The lowest BCUT2D eigenvalue weighted by atomic mass is 10.1. The fourth-order valence-electron chi connectivity index (χ4n) is 2.39. The lowest BCUT2D eigenvalue weighted by Gasteiger charge is -2.14. The highest BCUT2D eigenvalue weighted by molar-refractivity contribution is 7.89. The number of rotatable bonds is 7. The van der Waals surface area contributed by atoms with Gasteiger partial charge in [-0.25, -0.2) is 8.42 Å². The van der Waals surface area contributed by atoms with Crippen LogP contribution in [0.2, 0.25) is 0 Å². The number of nitrogens with one attached hydrogen (secondary N) is 2. The second-order valence-corrected chi connectivity index (χ2v) is 7.41. The zero-order valence-electron chi connectivity index (χ0n) is 14.4. The van der Waals surface area contributed by atoms with E-state index in [9.17, 15) is 18.0 Å². The molecule has 2 aromatic rings. The number of carbonyl (C=O) groups excluding carboxylic acids is 1. The monoisotopic (exact) mass is 381 g/mol. The zero-order chi connectivity index (χ0) is 19.5. The largest absolute Gasteiger partial charge is 0.481 e. The molecule has 9 nitrogen and oxygen atoms in total. The Morgan fingerprint density at radius 2 is 2.00 bits per heavy atom. The molecule has 1 atom stereocenters. The van der Waals surface area contributed by atoms with Crippen LogP contribution in [0.15, 0.2) is 33.7 Å². The molecule has 26 heavy (non-hydrogen) atoms. The van der Waals surface area contributed by atoms with Gasteiger partial charge in [-0.3, -0.25) is 9.59 Å². The second-order valence-electron chi connectivity index (χ2n) is 5.76. The highest BCUT2D eigenvalue weighted by Crippen LogP contribution is 2.19. The first-order valence-electron chi connectivity index (χ1n) is 7.67. The van der Waals surface area contributed by atoms with Crippen LogP contribution in [0, 0.1) is 13.8 Å². The number of benzene rings is 1. The summed E-state index contributed by atoms with van der Waals surface area (Å²) in [6.45, 7) is 4.35. The van der Waals surface area contributed by atoms with Crippen LogP contribution in [0.4, 0.5) is 5.69 Å². The molecule has 10 heteroatoms. The van der Waals surface area contributed by atoms with E-state index in [-0.39, 0.29) is 22.8 Å². The number of nitrogens with zero attached hydrogens (tertiary/aromatic N) is 1. The fraction of sp³-hybridized carbons (Fsp3) is 0.312. The maximum absolute atomic E-state index is 12.4. The predicted molar refractivity (Wildman–Crippen MR) is 92.2 cm³/mol. The molecule has 0 saturated carbocycles. The van der Waals surface area contributed by atoms with E-state index in [1.165, 1.54) is 26.8 Å². The van der Waals surface area contributed by atoms with E-state index in [0.29, 0.717) is 11.3 Å². The summed E-state index contributed by atoms with van der Waals surface area (Å²) in [7, 11) is -3.98. The number of aliphatic carboxylic acids is 1. The van der Waals surface area contributed by atoms with E-state index >= 15 is 0 Å². The minimum Gasteiger partial charge on any atom is -0.481 e. The van der Waals surface area contributed by atoms with E-state index in [1.54, 1.807) is 18.2 Å². The summed E-state index contributed by atoms with van der Waals surface area (Å²) in [5, 5.41) is 15.0. The van der Waals surface area contributed by atoms with Crippen molar-refractivity contribution >= 4 is 27.6 Å². The maximum atomic E-state index is 12.4. The number of carboxylic acid groups (broad SMARTS) is 1. The summed E-state index contributed by atoms with van der Waals surface area (Å²) in [6, 6.07) is 5.25. The number of amides is 1. The van der Waals surface area contributed by atoms with E-state index in [1.807, 2.05) is 0 Å². The summed E-state index contributed by atoms with van der Waals surface area (Å²) in [4.78, 5) is 22.9. The normalized spacial score (nSPS) is 12.6. The van der Waals surface area contributed by atoms with Crippen LogP contribution in [0.3, 0.4) is 0 Å². The van der Waals surface area contributed by atoms with Crippen molar-refractivity contribution < 1.29 is 27.6 Å². The highest BCUT2D eigenvalue weighted by atomic mass is 32.2. The van der Waals surface area contributed by atoms with Crippen molar-refractivity contribution in [3.63, 3.8) is 0 Å². The Kier molecular flexibility index (Phi) is 5.78. The number of aryl methyl sites for hydroxylation is 2. The van der Waals surface area contributed by atoms with E-state index in [2.05, 4.69) is 15.2 Å². The van der Waals surface area contributed by atoms with Crippen LogP contribution in [0.5, 0.6) is 0 Å². The van der Waals surface area contributed by atoms with Gasteiger partial charge in [0.05, 0.1) is 12.5 Å². The molecule has 0 radical (unpaired) electrons. The molecule has 1 aromatic heterocycles. The van der Waals surface area contributed by atoms with Gasteiger partial charge in [-0.1, -0.05) is 17.3 Å². The van der Waals surface area contributed by atoms with Crippen LogP contribution >= 0.6 is 0 Å². The standard InChI is InChI=1S/C16H19N3O6S/c1-9-15(11(3)25-18-9)26(23,24)19-10(2)16(22)17-13-6-4-5-12(7-13)8-14(20)21/h4-7,10,19H,8H2,1-3H3,(H,17,22)(H,20,21). The molecule has 0 saturated heterocycles. The van der Waals surface area contributed by atoms with Gasteiger partial charge >= 0.3 is 5.97 Å². The van der Waals surface area contributed by atoms with Crippen LogP contribution < -0.4 is 10.0 Å². The molecule has 0 fully saturated rings. The van der Waals surface area contributed by atoms with Crippen molar-refractivity contribution in [2.45, 2.75) is 38.1 Å². The first-order chi connectivity index (χ1) is 12.1. The molecular formula is C16H19N3O6S. The first kappa shape index (κ1) is 19.6. The van der Waals surface area contributed by atoms with Crippen LogP contribution in [-0.2, 0) is 26.0 Å². The Morgan fingerprint density at radius 1 is 1.31 bits per heavy atom. The summed E-state index contributed by atoms with van der Waals surface area (Å²) >= 11 is 0. The number of anilines is 1. The molecule has 140 valence electrons. The lowest BCUT2D eigenvalue weighted by molar-refractivity contribution is -0.136. The summed E-state index contributed by atoms with van der Waals surface area (Å²) in [6.07, 6.45) is -0.183. The third-order valence-electron chi connectivity index (χ3n) is 3.51. The Labute approximate surface area is 150 Å². The minimum absolute atomic E-state index is 0.0967. The SMILES string of the molecule is Cc1noc(C)c1S(=O)(=O)NC(C)C(=O)Nc1cccc(CC(=O)O)c1. The van der Waals surface area contributed by atoms with Gasteiger partial charge in [0.15, 0.2) is 5.76 Å². The second kappa shape index (κ2) is 7.67. The molecule has 0 spiro atoms. The topological polar surface area (TPSA) is 139 Å². The third kappa shape index (κ3) is 4.67. The van der Waals surface area contributed by atoms with Crippen LogP contribution in [0.25, 0.3) is 0 Å². The molecule has 0 aliphatic carbocycles. The van der Waals surface area contributed by atoms with Gasteiger partial charge in [-0.15, -0.1) is 0 Å². The number of aromatic nitrogens is 1. The molecule has 1 heterocycles. The molecular weight excluding hydrogens is 362 g/mol. The van der Waals surface area contributed by atoms with Crippen molar-refractivity contribution in [3.05, 3.63) is 41.3 Å². The van der Waals surface area contributed by atoms with Crippen molar-refractivity contribution in [1.29, 1.82) is 0 Å². The van der Waals surface area contributed by atoms with Crippen molar-refractivity contribution in [1.82, 2.24) is 9.88 Å². The van der Waals surface area contributed by atoms with Gasteiger partial charge in [-0.05, 0) is 38.5 Å². The van der Waals surface area contributed by atoms with Crippen molar-refractivity contribution in [2.75, 3.05) is 5.32 Å². The molecule has 0 bridgehead atoms. The minimum atomic E-state index is -3.98. The average molecular weight is 381 g/mol. The Hall–Kier alpha value is -2.72. The number of sulfonamides is 1. The molecule has 1 aromatic carbocycles. The Balaban J connectivity index is 2.09. The van der Waals surface area contributed by atoms with Gasteiger partial charge in [0.2, 0.25) is 15.9 Å². The molecule has 0 aliphatic rings. The third-order valence-corrected chi connectivity index (χ3v) is 5.30. The van der Waals surface area contributed by atoms with Crippen LogP contribution in [-0.4, -0.2) is 36.6 Å². The van der Waals surface area contributed by atoms with Gasteiger partial charge < -0.3 is 14.9 Å².